The number of hydrogen-bond donors (Lipinski definition) is 0. The zero-order valence-corrected chi connectivity index (χ0v) is 10.0. The maximum absolute atomic E-state index is 14.6. The third-order valence-corrected chi connectivity index (χ3v) is 3.06. The molecule has 1 aliphatic rings. The van der Waals surface area contributed by atoms with Gasteiger partial charge in [0.1, 0.15) is 0 Å². The molecule has 1 unspecified atom stereocenters. The fourth-order valence-corrected chi connectivity index (χ4v) is 2.10. The van der Waals surface area contributed by atoms with Crippen LogP contribution in [0.5, 0.6) is 0 Å². The minimum Gasteiger partial charge on any atom is -0.287 e. The predicted molar refractivity (Wildman–Crippen MR) is 58.0 cm³/mol. The maximum atomic E-state index is 14.6. The summed E-state index contributed by atoms with van der Waals surface area (Å²) in [5.41, 5.74) is -7.12. The first-order chi connectivity index (χ1) is 9.68. The van der Waals surface area contributed by atoms with Crippen LogP contribution in [0.15, 0.2) is 18.5 Å². The van der Waals surface area contributed by atoms with Crippen LogP contribution < -0.4 is 0 Å². The lowest BCUT2D eigenvalue weighted by molar-refractivity contribution is -0.129. The molecule has 0 heterocycles. The average Bonchev–Trinajstić information content (AvgIpc) is 2.45. The van der Waals surface area contributed by atoms with Crippen molar-refractivity contribution in [1.82, 2.24) is 0 Å². The van der Waals surface area contributed by atoms with E-state index in [4.69, 9.17) is 0 Å². The number of benzene rings is 1. The van der Waals surface area contributed by atoms with Crippen molar-refractivity contribution in [1.29, 1.82) is 0 Å². The number of alkyl halides is 1. The number of ketones is 1. The Bertz CT molecular complexity index is 707. The Labute approximate surface area is 113 Å². The molecule has 1 nitrogen and oxygen atoms in total. The van der Waals surface area contributed by atoms with Crippen LogP contribution in [-0.2, 0) is 10.5 Å². The van der Waals surface area contributed by atoms with Gasteiger partial charge in [0.2, 0.25) is 17.3 Å². The average molecular weight is 310 g/mol. The van der Waals surface area contributed by atoms with Gasteiger partial charge in [-0.15, -0.1) is 6.58 Å². The lowest BCUT2D eigenvalue weighted by Gasteiger charge is -2.29. The molecular weight excluding hydrogens is 305 g/mol. The van der Waals surface area contributed by atoms with Gasteiger partial charge in [0.15, 0.2) is 29.1 Å². The van der Waals surface area contributed by atoms with E-state index in [0.717, 1.165) is 0 Å². The molecule has 0 aliphatic heterocycles. The zero-order chi connectivity index (χ0) is 16.1. The van der Waals surface area contributed by atoms with Crippen molar-refractivity contribution in [3.8, 4) is 0 Å². The number of rotatable bonds is 2. The van der Waals surface area contributed by atoms with Crippen LogP contribution >= 0.6 is 0 Å². The molecule has 0 spiro atoms. The van der Waals surface area contributed by atoms with Crippen LogP contribution in [0.3, 0.4) is 0 Å². The summed E-state index contributed by atoms with van der Waals surface area (Å²) in [6.07, 6.45) is -0.377. The van der Waals surface area contributed by atoms with E-state index in [-0.39, 0.29) is 0 Å². The van der Waals surface area contributed by atoms with E-state index in [1.54, 1.807) is 0 Å². The molecule has 0 amide bonds. The second-order valence-corrected chi connectivity index (χ2v) is 4.26. The monoisotopic (exact) mass is 310 g/mol. The molecule has 0 radical (unpaired) electrons. The van der Waals surface area contributed by atoms with Crippen molar-refractivity contribution < 1.29 is 35.5 Å². The summed E-state index contributed by atoms with van der Waals surface area (Å²) in [4.78, 5) is 11.5. The number of halogens is 7. The van der Waals surface area contributed by atoms with Crippen molar-refractivity contribution in [2.45, 2.75) is 12.1 Å². The first kappa shape index (κ1) is 15.3. The molecule has 0 saturated carbocycles. The molecule has 0 fully saturated rings. The molecule has 8 heteroatoms. The van der Waals surface area contributed by atoms with Gasteiger partial charge in [0, 0.05) is 12.0 Å². The van der Waals surface area contributed by atoms with Crippen molar-refractivity contribution >= 4 is 11.6 Å². The molecule has 112 valence electrons. The summed E-state index contributed by atoms with van der Waals surface area (Å²) in [6.45, 7) is 3.03. The van der Waals surface area contributed by atoms with Gasteiger partial charge in [-0.3, -0.25) is 4.79 Å². The van der Waals surface area contributed by atoms with Gasteiger partial charge in [-0.2, -0.15) is 4.39 Å². The molecule has 1 aromatic carbocycles. The highest BCUT2D eigenvalue weighted by atomic mass is 19.2. The fraction of sp³-hybridized carbons (Fsp3) is 0.154. The van der Waals surface area contributed by atoms with Crippen molar-refractivity contribution in [2.75, 3.05) is 0 Å². The SMILES string of the molecule is C=CCC1(F)C(=O)C(F)=C(F)c2c(F)c(F)c(F)c(F)c21. The third-order valence-electron chi connectivity index (χ3n) is 3.06. The van der Waals surface area contributed by atoms with Crippen LogP contribution in [-0.4, -0.2) is 5.78 Å². The topological polar surface area (TPSA) is 17.1 Å². The van der Waals surface area contributed by atoms with Gasteiger partial charge in [0.05, 0.1) is 5.56 Å². The van der Waals surface area contributed by atoms with Gasteiger partial charge < -0.3 is 0 Å². The highest BCUT2D eigenvalue weighted by Gasteiger charge is 2.53. The van der Waals surface area contributed by atoms with E-state index >= 15 is 0 Å². The minimum atomic E-state index is -3.61. The number of Topliss-reactive ketones (excluding diaryl/α,β-unsaturated/α-hetero) is 1. The van der Waals surface area contributed by atoms with E-state index in [1.165, 1.54) is 0 Å². The van der Waals surface area contributed by atoms with E-state index in [0.29, 0.717) is 6.08 Å². The van der Waals surface area contributed by atoms with E-state index in [2.05, 4.69) is 6.58 Å². The smallest absolute Gasteiger partial charge is 0.236 e. The number of carbonyl (C=O) groups excluding carboxylic acids is 1. The Morgan fingerprint density at radius 3 is 1.95 bits per heavy atom. The number of allylic oxidation sites excluding steroid dienone is 2. The van der Waals surface area contributed by atoms with E-state index in [1.807, 2.05) is 0 Å². The Morgan fingerprint density at radius 1 is 0.905 bits per heavy atom. The summed E-state index contributed by atoms with van der Waals surface area (Å²) in [5.74, 6) is -16.3. The van der Waals surface area contributed by atoms with Crippen LogP contribution in [0.1, 0.15) is 17.5 Å². The Kier molecular flexibility index (Phi) is 3.43. The van der Waals surface area contributed by atoms with E-state index < -0.39 is 63.9 Å². The molecule has 0 N–H and O–H groups in total. The van der Waals surface area contributed by atoms with Crippen molar-refractivity contribution in [3.05, 3.63) is 52.9 Å². The van der Waals surface area contributed by atoms with Crippen LogP contribution in [0.4, 0.5) is 30.7 Å². The standard InChI is InChI=1S/C13H5F7O/c1-2-3-13(20)5-4(7(15)11(19)12(13)21)6(14)9(17)10(18)8(5)16/h2H,1,3H2. The maximum Gasteiger partial charge on any atom is 0.236 e. The summed E-state index contributed by atoms with van der Waals surface area (Å²) in [7, 11) is 0. The summed E-state index contributed by atoms with van der Waals surface area (Å²) >= 11 is 0. The largest absolute Gasteiger partial charge is 0.287 e. The summed E-state index contributed by atoms with van der Waals surface area (Å²) < 4.78 is 95.0. The fourth-order valence-electron chi connectivity index (χ4n) is 2.10. The zero-order valence-electron chi connectivity index (χ0n) is 10.0. The van der Waals surface area contributed by atoms with Gasteiger partial charge in [-0.25, -0.2) is 26.3 Å². The van der Waals surface area contributed by atoms with Crippen LogP contribution in [0, 0.1) is 23.3 Å². The molecule has 0 aromatic heterocycles. The molecule has 0 saturated heterocycles. The number of carbonyl (C=O) groups is 1. The summed E-state index contributed by atoms with van der Waals surface area (Å²) in [5, 5.41) is 0. The van der Waals surface area contributed by atoms with Gasteiger partial charge in [-0.1, -0.05) is 6.08 Å². The Balaban J connectivity index is 3.02. The molecule has 1 aliphatic carbocycles. The second kappa shape index (κ2) is 4.71. The van der Waals surface area contributed by atoms with Crippen LogP contribution in [0.25, 0.3) is 5.83 Å². The quantitative estimate of drug-likeness (QED) is 0.347. The predicted octanol–water partition coefficient (Wildman–Crippen LogP) is 4.17. The van der Waals surface area contributed by atoms with Crippen molar-refractivity contribution in [2.24, 2.45) is 0 Å². The second-order valence-electron chi connectivity index (χ2n) is 4.26. The Hall–Kier alpha value is -2.12. The highest BCUT2D eigenvalue weighted by molar-refractivity contribution is 6.08. The minimum absolute atomic E-state index is 0.705. The molecule has 1 atom stereocenters. The van der Waals surface area contributed by atoms with Gasteiger partial charge in [0.25, 0.3) is 0 Å². The Morgan fingerprint density at radius 2 is 1.43 bits per heavy atom. The molecular formula is C13H5F7O. The van der Waals surface area contributed by atoms with Gasteiger partial charge in [-0.05, 0) is 0 Å². The van der Waals surface area contributed by atoms with E-state index in [9.17, 15) is 35.5 Å². The van der Waals surface area contributed by atoms with Crippen molar-refractivity contribution in [3.63, 3.8) is 0 Å². The summed E-state index contributed by atoms with van der Waals surface area (Å²) in [6, 6.07) is 0. The molecule has 21 heavy (non-hydrogen) atoms. The lowest BCUT2D eigenvalue weighted by atomic mass is 9.79. The normalized spacial score (nSPS) is 21.6. The number of hydrogen-bond acceptors (Lipinski definition) is 1. The first-order valence-electron chi connectivity index (χ1n) is 5.45. The van der Waals surface area contributed by atoms with Gasteiger partial charge >= 0.3 is 0 Å². The molecule has 1 aromatic rings. The molecule has 2 rings (SSSR count). The molecule has 0 bridgehead atoms. The third kappa shape index (κ3) is 1.81. The van der Waals surface area contributed by atoms with Crippen LogP contribution in [0.2, 0.25) is 0 Å². The number of fused-ring (bicyclic) bond motifs is 1. The highest BCUT2D eigenvalue weighted by Crippen LogP contribution is 2.47. The lowest BCUT2D eigenvalue weighted by Crippen LogP contribution is -2.37. The first-order valence-corrected chi connectivity index (χ1v) is 5.45.